The number of rotatable bonds is 6. The molecule has 0 atom stereocenters. The number of aryl methyl sites for hydroxylation is 1. The van der Waals surface area contributed by atoms with Gasteiger partial charge < -0.3 is 23.9 Å². The normalized spacial score (nSPS) is 10.7. The Kier molecular flexibility index (Phi) is 6.04. The summed E-state index contributed by atoms with van der Waals surface area (Å²) in [7, 11) is 4.45. The van der Waals surface area contributed by atoms with Gasteiger partial charge >= 0.3 is 0 Å². The minimum atomic E-state index is -0.394. The van der Waals surface area contributed by atoms with Crippen LogP contribution in [0.25, 0.3) is 22.3 Å². The highest BCUT2D eigenvalue weighted by Gasteiger charge is 2.17. The number of benzene rings is 3. The summed E-state index contributed by atoms with van der Waals surface area (Å²) in [5.74, 6) is 1.23. The zero-order chi connectivity index (χ0) is 23.5. The highest BCUT2D eigenvalue weighted by atomic mass is 16.5. The minimum Gasteiger partial charge on any atom is -0.493 e. The van der Waals surface area contributed by atoms with Gasteiger partial charge in [-0.15, -0.1) is 0 Å². The molecule has 0 unspecified atom stereocenters. The first kappa shape index (κ1) is 22.0. The highest BCUT2D eigenvalue weighted by Crippen LogP contribution is 2.38. The van der Waals surface area contributed by atoms with E-state index in [1.165, 1.54) is 27.4 Å². The van der Waals surface area contributed by atoms with Crippen LogP contribution in [-0.4, -0.2) is 27.2 Å². The molecule has 168 valence electrons. The van der Waals surface area contributed by atoms with Crippen LogP contribution in [0.5, 0.6) is 17.2 Å². The number of hydrogen-bond acceptors (Lipinski definition) is 6. The number of fused-ring (bicyclic) bond motifs is 1. The zero-order valence-corrected chi connectivity index (χ0v) is 18.7. The largest absolute Gasteiger partial charge is 0.493 e. The average Bonchev–Trinajstić information content (AvgIpc) is 2.83. The third kappa shape index (κ3) is 4.25. The second kappa shape index (κ2) is 9.08. The third-order valence-corrected chi connectivity index (χ3v) is 5.32. The molecule has 0 saturated carbocycles. The van der Waals surface area contributed by atoms with Gasteiger partial charge in [-0.05, 0) is 42.8 Å². The fourth-order valence-electron chi connectivity index (χ4n) is 3.63. The van der Waals surface area contributed by atoms with Crippen molar-refractivity contribution in [3.05, 3.63) is 82.0 Å². The molecule has 0 aliphatic rings. The van der Waals surface area contributed by atoms with E-state index in [0.29, 0.717) is 45.2 Å². The number of carbonyl (C=O) groups excluding carboxylic acids is 1. The van der Waals surface area contributed by atoms with E-state index < -0.39 is 5.91 Å². The van der Waals surface area contributed by atoms with Gasteiger partial charge in [0.25, 0.3) is 5.91 Å². The molecule has 7 nitrogen and oxygen atoms in total. The number of ether oxygens (including phenoxy) is 3. The van der Waals surface area contributed by atoms with Crippen molar-refractivity contribution in [2.24, 2.45) is 0 Å². The van der Waals surface area contributed by atoms with Crippen LogP contribution in [0.15, 0.2) is 69.9 Å². The van der Waals surface area contributed by atoms with Crippen LogP contribution in [0, 0.1) is 6.92 Å². The van der Waals surface area contributed by atoms with Gasteiger partial charge in [0.2, 0.25) is 5.75 Å². The second-order valence-corrected chi connectivity index (χ2v) is 7.37. The molecule has 7 heteroatoms. The first-order valence-electron chi connectivity index (χ1n) is 10.2. The Bertz CT molecular complexity index is 1380. The molecule has 0 bridgehead atoms. The van der Waals surface area contributed by atoms with Crippen LogP contribution in [0.3, 0.4) is 0 Å². The van der Waals surface area contributed by atoms with Gasteiger partial charge in [-0.1, -0.05) is 24.3 Å². The predicted octanol–water partition coefficient (Wildman–Crippen LogP) is 5.05. The molecular formula is C26H23NO6. The molecule has 4 rings (SSSR count). The molecule has 1 heterocycles. The first-order valence-corrected chi connectivity index (χ1v) is 10.2. The average molecular weight is 445 g/mol. The molecule has 1 aromatic heterocycles. The monoisotopic (exact) mass is 445 g/mol. The molecule has 0 aliphatic carbocycles. The van der Waals surface area contributed by atoms with Crippen molar-refractivity contribution in [2.75, 3.05) is 26.6 Å². The lowest BCUT2D eigenvalue weighted by molar-refractivity contribution is 0.102. The maximum Gasteiger partial charge on any atom is 0.255 e. The Labute approximate surface area is 190 Å². The maximum absolute atomic E-state index is 12.9. The van der Waals surface area contributed by atoms with Crippen molar-refractivity contribution in [3.8, 4) is 28.6 Å². The molecule has 1 N–H and O–H groups in total. The molecule has 0 fully saturated rings. The van der Waals surface area contributed by atoms with Gasteiger partial charge in [-0.3, -0.25) is 9.59 Å². The molecular weight excluding hydrogens is 422 g/mol. The molecule has 1 amide bonds. The lowest BCUT2D eigenvalue weighted by Crippen LogP contribution is -2.13. The summed E-state index contributed by atoms with van der Waals surface area (Å²) in [6, 6.07) is 17.2. The smallest absolute Gasteiger partial charge is 0.255 e. The van der Waals surface area contributed by atoms with Crippen LogP contribution < -0.4 is 25.0 Å². The van der Waals surface area contributed by atoms with Crippen molar-refractivity contribution >= 4 is 22.6 Å². The number of methoxy groups -OCH3 is 3. The van der Waals surface area contributed by atoms with Crippen molar-refractivity contribution in [3.63, 3.8) is 0 Å². The van der Waals surface area contributed by atoms with Crippen LogP contribution in [-0.2, 0) is 0 Å². The van der Waals surface area contributed by atoms with E-state index >= 15 is 0 Å². The van der Waals surface area contributed by atoms with Crippen LogP contribution in [0.1, 0.15) is 15.9 Å². The minimum absolute atomic E-state index is 0.196. The van der Waals surface area contributed by atoms with E-state index in [9.17, 15) is 9.59 Å². The Morgan fingerprint density at radius 2 is 1.58 bits per heavy atom. The molecule has 0 saturated heterocycles. The van der Waals surface area contributed by atoms with E-state index in [-0.39, 0.29) is 5.43 Å². The second-order valence-electron chi connectivity index (χ2n) is 7.37. The summed E-state index contributed by atoms with van der Waals surface area (Å²) in [5, 5.41) is 3.17. The summed E-state index contributed by atoms with van der Waals surface area (Å²) in [6.07, 6.45) is 0. The molecule has 0 radical (unpaired) electrons. The summed E-state index contributed by atoms with van der Waals surface area (Å²) in [4.78, 5) is 25.7. The van der Waals surface area contributed by atoms with Crippen LogP contribution >= 0.6 is 0 Å². The quantitative estimate of drug-likeness (QED) is 0.447. The topological polar surface area (TPSA) is 87.0 Å². The Hall–Kier alpha value is -4.26. The van der Waals surface area contributed by atoms with E-state index in [1.807, 2.05) is 31.2 Å². The summed E-state index contributed by atoms with van der Waals surface area (Å²) in [6.45, 7) is 1.96. The molecule has 0 aliphatic heterocycles. The third-order valence-electron chi connectivity index (χ3n) is 5.32. The lowest BCUT2D eigenvalue weighted by Gasteiger charge is -2.14. The van der Waals surface area contributed by atoms with Gasteiger partial charge in [0.1, 0.15) is 11.3 Å². The highest BCUT2D eigenvalue weighted by molar-refractivity contribution is 6.05. The Morgan fingerprint density at radius 1 is 0.879 bits per heavy atom. The SMILES string of the molecule is COc1cc(C(=O)Nc2ccc3oc(-c4ccccc4C)cc(=O)c3c2)cc(OC)c1OC. The van der Waals surface area contributed by atoms with Crippen molar-refractivity contribution < 1.29 is 23.4 Å². The molecule has 0 spiro atoms. The number of anilines is 1. The van der Waals surface area contributed by atoms with E-state index in [1.54, 1.807) is 30.3 Å². The number of amides is 1. The number of hydrogen-bond donors (Lipinski definition) is 1. The standard InChI is InChI=1S/C26H23NO6/c1-15-7-5-6-8-18(15)22-14-20(28)19-13-17(9-10-21(19)33-22)27-26(29)16-11-23(30-2)25(32-4)24(12-16)31-3/h5-14H,1-4H3,(H,27,29). The Balaban J connectivity index is 1.67. The van der Waals surface area contributed by atoms with Crippen LogP contribution in [0.2, 0.25) is 0 Å². The molecule has 33 heavy (non-hydrogen) atoms. The summed E-state index contributed by atoms with van der Waals surface area (Å²) >= 11 is 0. The van der Waals surface area contributed by atoms with E-state index in [4.69, 9.17) is 18.6 Å². The van der Waals surface area contributed by atoms with E-state index in [2.05, 4.69) is 5.32 Å². The fraction of sp³-hybridized carbons (Fsp3) is 0.154. The lowest BCUT2D eigenvalue weighted by atomic mass is 10.1. The number of nitrogens with one attached hydrogen (secondary N) is 1. The van der Waals surface area contributed by atoms with Crippen molar-refractivity contribution in [2.45, 2.75) is 6.92 Å². The van der Waals surface area contributed by atoms with E-state index in [0.717, 1.165) is 11.1 Å². The van der Waals surface area contributed by atoms with Crippen molar-refractivity contribution in [1.29, 1.82) is 0 Å². The van der Waals surface area contributed by atoms with Gasteiger partial charge in [-0.25, -0.2) is 0 Å². The summed E-state index contributed by atoms with van der Waals surface area (Å²) in [5.41, 5.74) is 2.87. The van der Waals surface area contributed by atoms with Gasteiger partial charge in [0.15, 0.2) is 16.9 Å². The first-order chi connectivity index (χ1) is 15.9. The summed E-state index contributed by atoms with van der Waals surface area (Å²) < 4.78 is 21.9. The van der Waals surface area contributed by atoms with Gasteiger partial charge in [-0.2, -0.15) is 0 Å². The van der Waals surface area contributed by atoms with Gasteiger partial charge in [0, 0.05) is 22.9 Å². The zero-order valence-electron chi connectivity index (χ0n) is 18.7. The fourth-order valence-corrected chi connectivity index (χ4v) is 3.63. The maximum atomic E-state index is 12.9. The van der Waals surface area contributed by atoms with Gasteiger partial charge in [0.05, 0.1) is 26.7 Å². The molecule has 3 aromatic carbocycles. The van der Waals surface area contributed by atoms with Crippen LogP contribution in [0.4, 0.5) is 5.69 Å². The predicted molar refractivity (Wildman–Crippen MR) is 127 cm³/mol. The van der Waals surface area contributed by atoms with Crippen molar-refractivity contribution in [1.82, 2.24) is 0 Å². The Morgan fingerprint density at radius 3 is 2.21 bits per heavy atom. The number of carbonyl (C=O) groups is 1. The molecule has 4 aromatic rings.